The minimum Gasteiger partial charge on any atom is -0.481 e. The van der Waals surface area contributed by atoms with Crippen LogP contribution in [0.15, 0.2) is 5.10 Å². The number of guanidine groups is 1. The molecule has 8 nitrogen and oxygen atoms in total. The number of carbonyl (C=O) groups is 2. The molecule has 0 aromatic heterocycles. The van der Waals surface area contributed by atoms with Crippen molar-refractivity contribution >= 4 is 17.9 Å². The van der Waals surface area contributed by atoms with Crippen LogP contribution in [-0.4, -0.2) is 34.2 Å². The molecule has 0 fully saturated rings. The van der Waals surface area contributed by atoms with Crippen LogP contribution in [0, 0.1) is 0 Å². The molecule has 8 heteroatoms. The Kier molecular flexibility index (Phi) is 4.82. The standard InChI is InChI=1S/C6H12N4O4/c7-6(8)10-9-3(5(13)14)1-2-4(11)12/h3,9H,1-2H2,(H,11,12)(H,13,14)(H4,7,8,10)/t3-/m0/s1. The fourth-order valence-electron chi connectivity index (χ4n) is 0.664. The molecule has 0 aliphatic carbocycles. The van der Waals surface area contributed by atoms with E-state index in [1.165, 1.54) is 0 Å². The molecule has 0 radical (unpaired) electrons. The smallest absolute Gasteiger partial charge is 0.327 e. The highest BCUT2D eigenvalue weighted by Crippen LogP contribution is 1.97. The number of hydrogen-bond acceptors (Lipinski definition) is 4. The van der Waals surface area contributed by atoms with Gasteiger partial charge < -0.3 is 21.7 Å². The molecule has 0 amide bonds. The molecule has 1 atom stereocenters. The minimum absolute atomic E-state index is 0.0958. The van der Waals surface area contributed by atoms with Gasteiger partial charge in [-0.25, -0.2) is 4.79 Å². The molecule has 0 saturated carbocycles. The fraction of sp³-hybridized carbons (Fsp3) is 0.500. The number of carboxylic acids is 2. The van der Waals surface area contributed by atoms with Crippen LogP contribution in [0.1, 0.15) is 12.8 Å². The summed E-state index contributed by atoms with van der Waals surface area (Å²) in [7, 11) is 0. The van der Waals surface area contributed by atoms with Crippen LogP contribution in [0.3, 0.4) is 0 Å². The Morgan fingerprint density at radius 3 is 2.29 bits per heavy atom. The van der Waals surface area contributed by atoms with E-state index in [4.69, 9.17) is 21.7 Å². The van der Waals surface area contributed by atoms with Gasteiger partial charge in [0.25, 0.3) is 0 Å². The summed E-state index contributed by atoms with van der Waals surface area (Å²) in [5.74, 6) is -2.61. The molecule has 0 spiro atoms. The lowest BCUT2D eigenvalue weighted by Crippen LogP contribution is -2.37. The Hall–Kier alpha value is -1.99. The zero-order valence-electron chi connectivity index (χ0n) is 7.30. The van der Waals surface area contributed by atoms with Gasteiger partial charge in [0, 0.05) is 6.42 Å². The van der Waals surface area contributed by atoms with Crippen molar-refractivity contribution in [1.82, 2.24) is 5.43 Å². The van der Waals surface area contributed by atoms with Gasteiger partial charge in [-0.15, -0.1) is 5.10 Å². The van der Waals surface area contributed by atoms with Crippen LogP contribution in [0.4, 0.5) is 0 Å². The van der Waals surface area contributed by atoms with E-state index in [1.807, 2.05) is 0 Å². The third-order valence-electron chi connectivity index (χ3n) is 1.29. The van der Waals surface area contributed by atoms with Gasteiger partial charge in [-0.05, 0) is 6.42 Å². The zero-order chi connectivity index (χ0) is 11.1. The number of carboxylic acid groups (broad SMARTS) is 2. The van der Waals surface area contributed by atoms with Crippen molar-refractivity contribution in [2.75, 3.05) is 0 Å². The van der Waals surface area contributed by atoms with Gasteiger partial charge >= 0.3 is 11.9 Å². The average Bonchev–Trinajstić information content (AvgIpc) is 2.02. The molecular weight excluding hydrogens is 192 g/mol. The number of aliphatic carboxylic acids is 2. The van der Waals surface area contributed by atoms with Crippen molar-refractivity contribution in [2.24, 2.45) is 16.6 Å². The molecule has 0 saturated heterocycles. The number of nitrogens with zero attached hydrogens (tertiary/aromatic N) is 1. The first-order valence-corrected chi connectivity index (χ1v) is 3.72. The van der Waals surface area contributed by atoms with Gasteiger partial charge in [0.05, 0.1) is 0 Å². The van der Waals surface area contributed by atoms with Crippen LogP contribution in [0.5, 0.6) is 0 Å². The monoisotopic (exact) mass is 204 g/mol. The van der Waals surface area contributed by atoms with Crippen LogP contribution in [-0.2, 0) is 9.59 Å². The van der Waals surface area contributed by atoms with Gasteiger partial charge in [0.2, 0.25) is 5.96 Å². The second-order valence-corrected chi connectivity index (χ2v) is 2.49. The van der Waals surface area contributed by atoms with E-state index in [-0.39, 0.29) is 18.8 Å². The van der Waals surface area contributed by atoms with E-state index >= 15 is 0 Å². The maximum atomic E-state index is 10.5. The first kappa shape index (κ1) is 12.0. The van der Waals surface area contributed by atoms with E-state index in [0.717, 1.165) is 0 Å². The van der Waals surface area contributed by atoms with Crippen LogP contribution >= 0.6 is 0 Å². The van der Waals surface area contributed by atoms with Crippen molar-refractivity contribution in [3.05, 3.63) is 0 Å². The Labute approximate surface area is 79.6 Å². The van der Waals surface area contributed by atoms with Crippen molar-refractivity contribution in [2.45, 2.75) is 18.9 Å². The first-order chi connectivity index (χ1) is 6.43. The quantitative estimate of drug-likeness (QED) is 0.192. The highest BCUT2D eigenvalue weighted by atomic mass is 16.4. The maximum Gasteiger partial charge on any atom is 0.327 e. The minimum atomic E-state index is -1.21. The molecule has 0 aliphatic rings. The Morgan fingerprint density at radius 1 is 1.36 bits per heavy atom. The van der Waals surface area contributed by atoms with Gasteiger partial charge in [-0.2, -0.15) is 0 Å². The first-order valence-electron chi connectivity index (χ1n) is 3.72. The molecule has 0 rings (SSSR count). The molecule has 80 valence electrons. The highest BCUT2D eigenvalue weighted by Gasteiger charge is 2.17. The molecule has 0 bridgehead atoms. The van der Waals surface area contributed by atoms with Crippen molar-refractivity contribution < 1.29 is 19.8 Å². The molecular formula is C6H12N4O4. The van der Waals surface area contributed by atoms with Crippen molar-refractivity contribution in [3.8, 4) is 0 Å². The van der Waals surface area contributed by atoms with E-state index < -0.39 is 18.0 Å². The van der Waals surface area contributed by atoms with Crippen LogP contribution in [0.2, 0.25) is 0 Å². The summed E-state index contributed by atoms with van der Waals surface area (Å²) in [6.45, 7) is 0. The number of hydrogen-bond donors (Lipinski definition) is 5. The van der Waals surface area contributed by atoms with E-state index in [1.54, 1.807) is 0 Å². The van der Waals surface area contributed by atoms with Gasteiger partial charge in [0.1, 0.15) is 6.04 Å². The third-order valence-corrected chi connectivity index (χ3v) is 1.29. The Bertz CT molecular complexity index is 248. The molecule has 0 heterocycles. The number of nitrogens with one attached hydrogen (secondary N) is 1. The van der Waals surface area contributed by atoms with E-state index in [9.17, 15) is 9.59 Å². The third kappa shape index (κ3) is 5.63. The van der Waals surface area contributed by atoms with Gasteiger partial charge in [-0.1, -0.05) is 0 Å². The lowest BCUT2D eigenvalue weighted by atomic mass is 10.2. The van der Waals surface area contributed by atoms with Crippen molar-refractivity contribution in [1.29, 1.82) is 0 Å². The van der Waals surface area contributed by atoms with E-state index in [2.05, 4.69) is 10.5 Å². The lowest BCUT2D eigenvalue weighted by molar-refractivity contribution is -0.140. The number of nitrogens with two attached hydrogens (primary N) is 2. The SMILES string of the molecule is NC(N)=NN[C@@H](CCC(=O)O)C(=O)O. The summed E-state index contributed by atoms with van der Waals surface area (Å²) in [5, 5.41) is 20.2. The normalized spacial score (nSPS) is 11.4. The molecule has 0 aromatic carbocycles. The zero-order valence-corrected chi connectivity index (χ0v) is 7.30. The highest BCUT2D eigenvalue weighted by molar-refractivity contribution is 5.77. The Balaban J connectivity index is 4.10. The predicted molar refractivity (Wildman–Crippen MR) is 47.2 cm³/mol. The summed E-state index contributed by atoms with van der Waals surface area (Å²) in [5.41, 5.74) is 12.1. The molecule has 0 aromatic rings. The van der Waals surface area contributed by atoms with Gasteiger partial charge in [-0.3, -0.25) is 10.2 Å². The van der Waals surface area contributed by atoms with Crippen molar-refractivity contribution in [3.63, 3.8) is 0 Å². The second kappa shape index (κ2) is 5.62. The van der Waals surface area contributed by atoms with Crippen LogP contribution < -0.4 is 16.9 Å². The molecule has 7 N–H and O–H groups in total. The lowest BCUT2D eigenvalue weighted by Gasteiger charge is -2.09. The Morgan fingerprint density at radius 2 is 1.93 bits per heavy atom. The molecule has 0 unspecified atom stereocenters. The molecule has 14 heavy (non-hydrogen) atoms. The number of hydrazone groups is 1. The summed E-state index contributed by atoms with van der Waals surface area (Å²) in [4.78, 5) is 20.7. The number of rotatable bonds is 6. The predicted octanol–water partition coefficient (Wildman–Crippen LogP) is -1.92. The molecule has 0 aliphatic heterocycles. The average molecular weight is 204 g/mol. The van der Waals surface area contributed by atoms with E-state index in [0.29, 0.717) is 0 Å². The van der Waals surface area contributed by atoms with Gasteiger partial charge in [0.15, 0.2) is 0 Å². The largest absolute Gasteiger partial charge is 0.481 e. The summed E-state index contributed by atoms with van der Waals surface area (Å²) in [6.07, 6.45) is -0.370. The second-order valence-electron chi connectivity index (χ2n) is 2.49. The topological polar surface area (TPSA) is 151 Å². The summed E-state index contributed by atoms with van der Waals surface area (Å²) < 4.78 is 0. The summed E-state index contributed by atoms with van der Waals surface area (Å²) in [6, 6.07) is -1.10. The fourth-order valence-corrected chi connectivity index (χ4v) is 0.664. The maximum absolute atomic E-state index is 10.5. The van der Waals surface area contributed by atoms with Crippen LogP contribution in [0.25, 0.3) is 0 Å². The summed E-state index contributed by atoms with van der Waals surface area (Å²) >= 11 is 0.